The van der Waals surface area contributed by atoms with E-state index in [1.165, 1.54) is 7.11 Å². The van der Waals surface area contributed by atoms with E-state index < -0.39 is 23.5 Å². The van der Waals surface area contributed by atoms with Crippen LogP contribution in [0.3, 0.4) is 0 Å². The smallest absolute Gasteiger partial charge is 0.307 e. The number of amides is 1. The molecule has 0 aliphatic heterocycles. The van der Waals surface area contributed by atoms with Crippen LogP contribution in [0.15, 0.2) is 18.2 Å². The van der Waals surface area contributed by atoms with Crippen LogP contribution in [0, 0.1) is 17.6 Å². The van der Waals surface area contributed by atoms with Crippen LogP contribution in [0.2, 0.25) is 0 Å². The highest BCUT2D eigenvalue weighted by Crippen LogP contribution is 2.34. The fourth-order valence-electron chi connectivity index (χ4n) is 2.03. The lowest BCUT2D eigenvalue weighted by Crippen LogP contribution is -2.38. The second-order valence-electron chi connectivity index (χ2n) is 4.86. The van der Waals surface area contributed by atoms with Crippen molar-refractivity contribution < 1.29 is 23.1 Å². The summed E-state index contributed by atoms with van der Waals surface area (Å²) in [5.74, 6) is -2.43. The van der Waals surface area contributed by atoms with Crippen LogP contribution in [-0.2, 0) is 9.53 Å². The maximum absolute atomic E-state index is 13.1. The van der Waals surface area contributed by atoms with Crippen LogP contribution < -0.4 is 5.32 Å². The highest BCUT2D eigenvalue weighted by molar-refractivity contribution is 5.94. The first-order valence-electron chi connectivity index (χ1n) is 6.33. The third-order valence-electron chi connectivity index (χ3n) is 3.25. The standard InChI is InChI=1S/C14H15F2NO3/c1-20-13(18)7-12(8-2-3-8)17-14(19)9-4-10(15)6-11(16)5-9/h4-6,8,12H,2-3,7H2,1H3,(H,17,19)/t12-/m0/s1. The third-order valence-corrected chi connectivity index (χ3v) is 3.25. The Labute approximate surface area is 115 Å². The van der Waals surface area contributed by atoms with Crippen LogP contribution in [0.5, 0.6) is 0 Å². The average molecular weight is 283 g/mol. The van der Waals surface area contributed by atoms with E-state index in [1.807, 2.05) is 0 Å². The molecular weight excluding hydrogens is 268 g/mol. The fourth-order valence-corrected chi connectivity index (χ4v) is 2.03. The summed E-state index contributed by atoms with van der Waals surface area (Å²) in [7, 11) is 1.27. The first-order chi connectivity index (χ1) is 9.49. The zero-order valence-corrected chi connectivity index (χ0v) is 11.0. The Morgan fingerprint density at radius 2 is 1.90 bits per heavy atom. The number of carbonyl (C=O) groups excluding carboxylic acids is 2. The topological polar surface area (TPSA) is 55.4 Å². The second-order valence-corrected chi connectivity index (χ2v) is 4.86. The first kappa shape index (κ1) is 14.4. The molecular formula is C14H15F2NO3. The number of hydrogen-bond acceptors (Lipinski definition) is 3. The highest BCUT2D eigenvalue weighted by atomic mass is 19.1. The normalized spacial score (nSPS) is 15.6. The molecule has 0 bridgehead atoms. The minimum absolute atomic E-state index is 0.0602. The summed E-state index contributed by atoms with van der Waals surface area (Å²) in [6.45, 7) is 0. The minimum atomic E-state index is -0.814. The average Bonchev–Trinajstić information content (AvgIpc) is 3.20. The molecule has 1 aliphatic carbocycles. The Morgan fingerprint density at radius 1 is 1.30 bits per heavy atom. The molecule has 1 aliphatic rings. The van der Waals surface area contributed by atoms with Crippen molar-refractivity contribution >= 4 is 11.9 Å². The van der Waals surface area contributed by atoms with Gasteiger partial charge < -0.3 is 10.1 Å². The first-order valence-corrected chi connectivity index (χ1v) is 6.33. The van der Waals surface area contributed by atoms with Crippen molar-refractivity contribution in [1.82, 2.24) is 5.32 Å². The van der Waals surface area contributed by atoms with Crippen molar-refractivity contribution in [2.24, 2.45) is 5.92 Å². The summed E-state index contributed by atoms with van der Waals surface area (Å²) < 4.78 is 30.7. The summed E-state index contributed by atoms with van der Waals surface area (Å²) in [5, 5.41) is 2.64. The Bertz CT molecular complexity index is 509. The summed E-state index contributed by atoms with van der Waals surface area (Å²) in [5.41, 5.74) is -0.0991. The monoisotopic (exact) mass is 283 g/mol. The quantitative estimate of drug-likeness (QED) is 0.841. The van der Waals surface area contributed by atoms with Gasteiger partial charge in [-0.3, -0.25) is 9.59 Å². The molecule has 108 valence electrons. The van der Waals surface area contributed by atoms with Crippen molar-refractivity contribution in [1.29, 1.82) is 0 Å². The molecule has 1 fully saturated rings. The predicted molar refractivity (Wildman–Crippen MR) is 67.0 cm³/mol. The number of halogens is 2. The lowest BCUT2D eigenvalue weighted by atomic mass is 10.1. The molecule has 0 heterocycles. The van der Waals surface area contributed by atoms with Gasteiger partial charge in [-0.2, -0.15) is 0 Å². The van der Waals surface area contributed by atoms with Crippen LogP contribution in [0.25, 0.3) is 0 Å². The molecule has 0 unspecified atom stereocenters. The van der Waals surface area contributed by atoms with E-state index in [4.69, 9.17) is 0 Å². The maximum atomic E-state index is 13.1. The summed E-state index contributed by atoms with van der Waals surface area (Å²) >= 11 is 0. The number of esters is 1. The summed E-state index contributed by atoms with van der Waals surface area (Å²) in [6.07, 6.45) is 1.89. The molecule has 0 aromatic heterocycles. The Balaban J connectivity index is 2.05. The molecule has 0 radical (unpaired) electrons. The number of rotatable bonds is 5. The van der Waals surface area contributed by atoms with Gasteiger partial charge in [0.25, 0.3) is 5.91 Å². The molecule has 1 aromatic rings. The maximum Gasteiger partial charge on any atom is 0.307 e. The van der Waals surface area contributed by atoms with Crippen LogP contribution in [-0.4, -0.2) is 25.0 Å². The Hall–Kier alpha value is -1.98. The molecule has 0 spiro atoms. The van der Waals surface area contributed by atoms with E-state index in [0.717, 1.165) is 25.0 Å². The number of carbonyl (C=O) groups is 2. The number of benzene rings is 1. The van der Waals surface area contributed by atoms with Gasteiger partial charge in [0, 0.05) is 17.7 Å². The Morgan fingerprint density at radius 3 is 2.40 bits per heavy atom. The van der Waals surface area contributed by atoms with Crippen molar-refractivity contribution in [2.75, 3.05) is 7.11 Å². The van der Waals surface area contributed by atoms with Gasteiger partial charge in [-0.25, -0.2) is 8.78 Å². The predicted octanol–water partition coefficient (Wildman–Crippen LogP) is 2.04. The van der Waals surface area contributed by atoms with Crippen LogP contribution in [0.1, 0.15) is 29.6 Å². The van der Waals surface area contributed by atoms with E-state index in [0.29, 0.717) is 6.07 Å². The van der Waals surface area contributed by atoms with E-state index in [1.54, 1.807) is 0 Å². The molecule has 1 atom stereocenters. The van der Waals surface area contributed by atoms with Gasteiger partial charge in [0.2, 0.25) is 0 Å². The van der Waals surface area contributed by atoms with E-state index in [2.05, 4.69) is 10.1 Å². The molecule has 1 amide bonds. The van der Waals surface area contributed by atoms with Crippen molar-refractivity contribution in [3.8, 4) is 0 Å². The molecule has 1 N–H and O–H groups in total. The van der Waals surface area contributed by atoms with Crippen molar-refractivity contribution in [3.63, 3.8) is 0 Å². The lowest BCUT2D eigenvalue weighted by Gasteiger charge is -2.17. The molecule has 20 heavy (non-hydrogen) atoms. The molecule has 6 heteroatoms. The van der Waals surface area contributed by atoms with Gasteiger partial charge in [-0.05, 0) is 30.9 Å². The second kappa shape index (κ2) is 5.98. The van der Waals surface area contributed by atoms with Gasteiger partial charge in [0.15, 0.2) is 0 Å². The fraction of sp³-hybridized carbons (Fsp3) is 0.429. The Kier molecular flexibility index (Phi) is 4.32. The summed E-state index contributed by atoms with van der Waals surface area (Å²) in [6, 6.07) is 2.26. The van der Waals surface area contributed by atoms with Crippen molar-refractivity contribution in [3.05, 3.63) is 35.4 Å². The number of hydrogen-bond donors (Lipinski definition) is 1. The molecule has 2 rings (SSSR count). The SMILES string of the molecule is COC(=O)C[C@H](NC(=O)c1cc(F)cc(F)c1)C1CC1. The molecule has 1 saturated carbocycles. The molecule has 1 aromatic carbocycles. The molecule has 0 saturated heterocycles. The number of ether oxygens (including phenoxy) is 1. The van der Waals surface area contributed by atoms with Gasteiger partial charge in [-0.1, -0.05) is 0 Å². The molecule has 4 nitrogen and oxygen atoms in total. The van der Waals surface area contributed by atoms with Crippen LogP contribution >= 0.6 is 0 Å². The van der Waals surface area contributed by atoms with Gasteiger partial charge in [0.1, 0.15) is 11.6 Å². The van der Waals surface area contributed by atoms with E-state index in [9.17, 15) is 18.4 Å². The zero-order valence-electron chi connectivity index (χ0n) is 11.0. The van der Waals surface area contributed by atoms with Gasteiger partial charge in [-0.15, -0.1) is 0 Å². The number of nitrogens with one attached hydrogen (secondary N) is 1. The van der Waals surface area contributed by atoms with Crippen molar-refractivity contribution in [2.45, 2.75) is 25.3 Å². The van der Waals surface area contributed by atoms with Gasteiger partial charge in [0.05, 0.1) is 13.5 Å². The lowest BCUT2D eigenvalue weighted by molar-refractivity contribution is -0.141. The number of methoxy groups -OCH3 is 1. The third kappa shape index (κ3) is 3.76. The van der Waals surface area contributed by atoms with Gasteiger partial charge >= 0.3 is 5.97 Å². The highest BCUT2D eigenvalue weighted by Gasteiger charge is 2.34. The minimum Gasteiger partial charge on any atom is -0.469 e. The van der Waals surface area contributed by atoms with E-state index in [-0.39, 0.29) is 23.9 Å². The van der Waals surface area contributed by atoms with Crippen LogP contribution in [0.4, 0.5) is 8.78 Å². The van der Waals surface area contributed by atoms with E-state index >= 15 is 0 Å². The largest absolute Gasteiger partial charge is 0.469 e. The zero-order chi connectivity index (χ0) is 14.7. The summed E-state index contributed by atoms with van der Waals surface area (Å²) in [4.78, 5) is 23.3.